The second-order valence-corrected chi connectivity index (χ2v) is 6.43. The Morgan fingerprint density at radius 1 is 1.15 bits per heavy atom. The summed E-state index contributed by atoms with van der Waals surface area (Å²) >= 11 is 5.90. The number of unbranched alkanes of at least 4 members (excludes halogenated alkanes) is 1. The van der Waals surface area contributed by atoms with Gasteiger partial charge in [-0.3, -0.25) is 9.36 Å². The molecule has 0 unspecified atom stereocenters. The van der Waals surface area contributed by atoms with Gasteiger partial charge in [0.2, 0.25) is 0 Å². The maximum absolute atomic E-state index is 12.9. The molecule has 0 N–H and O–H groups in total. The van der Waals surface area contributed by atoms with Crippen LogP contribution in [0.1, 0.15) is 25.1 Å². The largest absolute Gasteiger partial charge is 0.389 e. The van der Waals surface area contributed by atoms with Crippen LogP contribution in [0.2, 0.25) is 5.02 Å². The van der Waals surface area contributed by atoms with E-state index >= 15 is 0 Å². The van der Waals surface area contributed by atoms with Crippen LogP contribution in [0.5, 0.6) is 0 Å². The average Bonchev–Trinajstić information content (AvgIpc) is 2.94. The molecule has 3 aromatic rings. The third-order valence-electron chi connectivity index (χ3n) is 4.00. The van der Waals surface area contributed by atoms with E-state index < -0.39 is 12.6 Å². The second kappa shape index (κ2) is 7.11. The van der Waals surface area contributed by atoms with Crippen LogP contribution in [0.4, 0.5) is 13.2 Å². The summed E-state index contributed by atoms with van der Waals surface area (Å²) in [4.78, 5) is 21.4. The third kappa shape index (κ3) is 3.90. The standard InChI is InChI=1S/C17H16ClF3N4O/c1-24-10-22-14-15(24)23-13(4-2-3-9-17(19,20)21)25(16(14)26)12-7-5-11(18)6-8-12/h5-8,10H,2-4,9H2,1H3. The Labute approximate surface area is 152 Å². The fourth-order valence-electron chi connectivity index (χ4n) is 2.73. The molecule has 5 nitrogen and oxygen atoms in total. The van der Waals surface area contributed by atoms with Crippen LogP contribution in [-0.4, -0.2) is 25.3 Å². The summed E-state index contributed by atoms with van der Waals surface area (Å²) in [5.41, 5.74) is 0.807. The summed E-state index contributed by atoms with van der Waals surface area (Å²) < 4.78 is 40.1. The van der Waals surface area contributed by atoms with Crippen LogP contribution >= 0.6 is 11.6 Å². The SMILES string of the molecule is Cn1cnc2c(=O)n(-c3ccc(Cl)cc3)c(CCCCC(F)(F)F)nc21. The number of hydrogen-bond acceptors (Lipinski definition) is 3. The molecule has 0 fully saturated rings. The van der Waals surface area contributed by atoms with E-state index in [1.807, 2.05) is 0 Å². The predicted octanol–water partition coefficient (Wildman–Crippen LogP) is 4.05. The number of fused-ring (bicyclic) bond motifs is 1. The van der Waals surface area contributed by atoms with Gasteiger partial charge < -0.3 is 4.57 Å². The quantitative estimate of drug-likeness (QED) is 0.624. The van der Waals surface area contributed by atoms with E-state index in [0.717, 1.165) is 0 Å². The summed E-state index contributed by atoms with van der Waals surface area (Å²) in [7, 11) is 1.71. The van der Waals surface area contributed by atoms with Crippen molar-refractivity contribution in [2.75, 3.05) is 0 Å². The van der Waals surface area contributed by atoms with Crippen LogP contribution in [0.15, 0.2) is 35.4 Å². The molecule has 0 amide bonds. The Morgan fingerprint density at radius 3 is 2.50 bits per heavy atom. The van der Waals surface area contributed by atoms with Crippen molar-refractivity contribution in [1.82, 2.24) is 19.1 Å². The first-order valence-corrected chi connectivity index (χ1v) is 8.40. The molecule has 138 valence electrons. The molecule has 0 bridgehead atoms. The minimum atomic E-state index is -4.19. The summed E-state index contributed by atoms with van der Waals surface area (Å²) in [6.07, 6.45) is -3.07. The topological polar surface area (TPSA) is 52.7 Å². The van der Waals surface area contributed by atoms with Gasteiger partial charge in [0.1, 0.15) is 5.82 Å². The maximum Gasteiger partial charge on any atom is 0.389 e. The van der Waals surface area contributed by atoms with E-state index in [2.05, 4.69) is 9.97 Å². The van der Waals surface area contributed by atoms with Crippen LogP contribution in [0, 0.1) is 0 Å². The van der Waals surface area contributed by atoms with Gasteiger partial charge in [0.15, 0.2) is 11.2 Å². The Bertz CT molecular complexity index is 977. The van der Waals surface area contributed by atoms with Crippen LogP contribution in [0.3, 0.4) is 0 Å². The molecule has 0 aliphatic carbocycles. The number of benzene rings is 1. The highest BCUT2D eigenvalue weighted by Crippen LogP contribution is 2.23. The number of hydrogen-bond donors (Lipinski definition) is 0. The summed E-state index contributed by atoms with van der Waals surface area (Å²) in [5.74, 6) is 0.399. The van der Waals surface area contributed by atoms with Crippen molar-refractivity contribution in [1.29, 1.82) is 0 Å². The van der Waals surface area contributed by atoms with Gasteiger partial charge in [-0.2, -0.15) is 13.2 Å². The lowest BCUT2D eigenvalue weighted by Crippen LogP contribution is -2.24. The lowest BCUT2D eigenvalue weighted by molar-refractivity contribution is -0.135. The molecule has 0 saturated heterocycles. The molecule has 0 atom stereocenters. The number of halogens is 4. The molecule has 2 heterocycles. The predicted molar refractivity (Wildman–Crippen MR) is 92.7 cm³/mol. The van der Waals surface area contributed by atoms with Crippen molar-refractivity contribution < 1.29 is 13.2 Å². The number of nitrogens with zero attached hydrogens (tertiary/aromatic N) is 4. The minimum Gasteiger partial charge on any atom is -0.318 e. The maximum atomic E-state index is 12.9. The van der Waals surface area contributed by atoms with Gasteiger partial charge in [-0.25, -0.2) is 9.97 Å². The van der Waals surface area contributed by atoms with Crippen molar-refractivity contribution in [3.63, 3.8) is 0 Å². The lowest BCUT2D eigenvalue weighted by atomic mass is 10.1. The second-order valence-electron chi connectivity index (χ2n) is 5.99. The van der Waals surface area contributed by atoms with Crippen LogP contribution in [0.25, 0.3) is 16.9 Å². The van der Waals surface area contributed by atoms with Crippen molar-refractivity contribution >= 4 is 22.8 Å². The minimum absolute atomic E-state index is 0.0244. The van der Waals surface area contributed by atoms with E-state index in [0.29, 0.717) is 22.2 Å². The first-order chi connectivity index (χ1) is 12.3. The molecule has 9 heteroatoms. The number of aryl methyl sites for hydroxylation is 2. The normalized spacial score (nSPS) is 12.0. The fourth-order valence-corrected chi connectivity index (χ4v) is 2.86. The molecule has 0 aliphatic rings. The van der Waals surface area contributed by atoms with Gasteiger partial charge in [-0.15, -0.1) is 0 Å². The van der Waals surface area contributed by atoms with Gasteiger partial charge >= 0.3 is 6.18 Å². The number of imidazole rings is 1. The van der Waals surface area contributed by atoms with Crippen molar-refractivity contribution in [2.45, 2.75) is 31.9 Å². The molecule has 1 aromatic carbocycles. The van der Waals surface area contributed by atoms with Crippen LogP contribution < -0.4 is 5.56 Å². The monoisotopic (exact) mass is 384 g/mol. The van der Waals surface area contributed by atoms with Gasteiger partial charge in [-0.1, -0.05) is 11.6 Å². The summed E-state index contributed by atoms with van der Waals surface area (Å²) in [6.45, 7) is 0. The fraction of sp³-hybridized carbons (Fsp3) is 0.353. The first-order valence-electron chi connectivity index (χ1n) is 8.02. The molecular formula is C17H16ClF3N4O. The molecule has 2 aromatic heterocycles. The number of alkyl halides is 3. The van der Waals surface area contributed by atoms with Gasteiger partial charge in [0, 0.05) is 24.9 Å². The molecule has 3 rings (SSSR count). The zero-order valence-corrected chi connectivity index (χ0v) is 14.7. The van der Waals surface area contributed by atoms with Gasteiger partial charge in [-0.05, 0) is 37.1 Å². The highest BCUT2D eigenvalue weighted by molar-refractivity contribution is 6.30. The van der Waals surface area contributed by atoms with Crippen molar-refractivity contribution in [3.05, 3.63) is 51.8 Å². The zero-order valence-electron chi connectivity index (χ0n) is 13.9. The number of rotatable bonds is 5. The Morgan fingerprint density at radius 2 is 1.85 bits per heavy atom. The Kier molecular flexibility index (Phi) is 5.04. The summed E-state index contributed by atoms with van der Waals surface area (Å²) in [6, 6.07) is 6.61. The molecular weight excluding hydrogens is 369 g/mol. The van der Waals surface area contributed by atoms with E-state index in [1.54, 1.807) is 35.9 Å². The third-order valence-corrected chi connectivity index (χ3v) is 4.25. The molecule has 0 saturated carbocycles. The smallest absolute Gasteiger partial charge is 0.318 e. The Balaban J connectivity index is 2.01. The molecule has 0 aliphatic heterocycles. The molecule has 0 radical (unpaired) electrons. The van der Waals surface area contributed by atoms with Crippen molar-refractivity contribution in [2.24, 2.45) is 7.05 Å². The van der Waals surface area contributed by atoms with Gasteiger partial charge in [0.05, 0.1) is 12.0 Å². The Hall–Kier alpha value is -2.35. The van der Waals surface area contributed by atoms with Gasteiger partial charge in [0.25, 0.3) is 5.56 Å². The van der Waals surface area contributed by atoms with E-state index in [9.17, 15) is 18.0 Å². The molecule has 26 heavy (non-hydrogen) atoms. The van der Waals surface area contributed by atoms with E-state index in [4.69, 9.17) is 11.6 Å². The average molecular weight is 385 g/mol. The highest BCUT2D eigenvalue weighted by Gasteiger charge is 2.26. The van der Waals surface area contributed by atoms with Crippen molar-refractivity contribution in [3.8, 4) is 5.69 Å². The summed E-state index contributed by atoms with van der Waals surface area (Å²) in [5, 5.41) is 0.514. The zero-order chi connectivity index (χ0) is 18.9. The molecule has 0 spiro atoms. The van der Waals surface area contributed by atoms with E-state index in [1.165, 1.54) is 10.9 Å². The lowest BCUT2D eigenvalue weighted by Gasteiger charge is -2.13. The highest BCUT2D eigenvalue weighted by atomic mass is 35.5. The van der Waals surface area contributed by atoms with Crippen LogP contribution in [-0.2, 0) is 13.5 Å². The number of aromatic nitrogens is 4. The first kappa shape index (κ1) is 18.4. The van der Waals surface area contributed by atoms with E-state index in [-0.39, 0.29) is 30.3 Å².